The zero-order valence-corrected chi connectivity index (χ0v) is 39.3. The van der Waals surface area contributed by atoms with Gasteiger partial charge in [-0.3, -0.25) is 24.0 Å². The lowest BCUT2D eigenvalue weighted by molar-refractivity contribution is -0.323. The van der Waals surface area contributed by atoms with Crippen molar-refractivity contribution in [1.29, 1.82) is 0 Å². The monoisotopic (exact) mass is 903 g/mol. The summed E-state index contributed by atoms with van der Waals surface area (Å²) in [5.74, 6) is -9.47. The van der Waals surface area contributed by atoms with Crippen LogP contribution in [0.25, 0.3) is 0 Å². The molecule has 0 amide bonds. The van der Waals surface area contributed by atoms with Crippen LogP contribution >= 0.6 is 0 Å². The fourth-order valence-corrected chi connectivity index (χ4v) is 11.6. The molecule has 0 aromatic carbocycles. The third-order valence-electron chi connectivity index (χ3n) is 16.4. The molecule has 4 saturated carbocycles. The topological polar surface area (TPSA) is 152 Å². The van der Waals surface area contributed by atoms with Gasteiger partial charge in [-0.15, -0.1) is 0 Å². The van der Waals surface area contributed by atoms with E-state index in [1.165, 1.54) is 20.8 Å². The Morgan fingerprint density at radius 3 is 1.78 bits per heavy atom. The van der Waals surface area contributed by atoms with E-state index in [1.807, 2.05) is 20.8 Å². The highest BCUT2D eigenvalue weighted by atomic mass is 19.4. The molecule has 0 aromatic rings. The largest absolute Gasteiger partial charge is 0.462 e. The van der Waals surface area contributed by atoms with Crippen molar-refractivity contribution in [2.24, 2.45) is 45.3 Å². The Hall–Kier alpha value is -2.97. The van der Waals surface area contributed by atoms with Crippen LogP contribution in [0.15, 0.2) is 0 Å². The van der Waals surface area contributed by atoms with Crippen LogP contribution in [0.2, 0.25) is 0 Å². The van der Waals surface area contributed by atoms with Crippen molar-refractivity contribution in [1.82, 2.24) is 0 Å². The maximum atomic E-state index is 15.2. The molecule has 11 nitrogen and oxygen atoms in total. The molecule has 0 aromatic heterocycles. The van der Waals surface area contributed by atoms with E-state index in [2.05, 4.69) is 0 Å². The van der Waals surface area contributed by atoms with Crippen molar-refractivity contribution in [3.05, 3.63) is 0 Å². The standard InChI is InChI=1S/C48H74F4O11/c1-11-42(8,38(55)62-45(12-2)19-15-14-16-20-45)27-43(9,39(56)63-46(13-3)21-17-18-22-46)28-44(10,40(57)61-34-30-24-32-33(25-30)36(53)60-35(32)34)41(6,7)37(54)59-31(23-29(4)5)26-47(49,58)48(50,51)52/h29-35,58H,11-28H2,1-10H3. The molecule has 2 bridgehead atoms. The molecule has 0 spiro atoms. The second kappa shape index (κ2) is 18.4. The van der Waals surface area contributed by atoms with Crippen LogP contribution in [0.4, 0.5) is 17.6 Å². The van der Waals surface area contributed by atoms with Gasteiger partial charge in [0.1, 0.15) is 29.5 Å². The second-order valence-corrected chi connectivity index (χ2v) is 21.8. The Balaban J connectivity index is 1.59. The molecule has 1 saturated heterocycles. The van der Waals surface area contributed by atoms with Gasteiger partial charge >= 0.3 is 41.9 Å². The molecule has 4 aliphatic carbocycles. The van der Waals surface area contributed by atoms with Gasteiger partial charge < -0.3 is 28.8 Å². The quantitative estimate of drug-likeness (QED) is 0.0706. The summed E-state index contributed by atoms with van der Waals surface area (Å²) >= 11 is 0. The number of fused-ring (bicyclic) bond motifs is 1. The fraction of sp³-hybridized carbons (Fsp3) is 0.896. The smallest absolute Gasteiger partial charge is 0.448 e. The molecule has 360 valence electrons. The van der Waals surface area contributed by atoms with Crippen molar-refractivity contribution < 1.29 is 70.3 Å². The number of hydrogen-bond acceptors (Lipinski definition) is 11. The van der Waals surface area contributed by atoms with Crippen molar-refractivity contribution in [2.45, 2.75) is 226 Å². The summed E-state index contributed by atoms with van der Waals surface area (Å²) in [5.41, 5.74) is -8.57. The molecule has 5 rings (SSSR count). The van der Waals surface area contributed by atoms with E-state index < -0.39 is 106 Å². The third-order valence-corrected chi connectivity index (χ3v) is 16.4. The summed E-state index contributed by atoms with van der Waals surface area (Å²) in [6, 6.07) is 0. The molecule has 15 heteroatoms. The molecule has 1 aliphatic heterocycles. The molecule has 1 heterocycles. The summed E-state index contributed by atoms with van der Waals surface area (Å²) in [5, 5.41) is 9.88. The predicted octanol–water partition coefficient (Wildman–Crippen LogP) is 10.2. The number of esters is 5. The van der Waals surface area contributed by atoms with Gasteiger partial charge in [0.15, 0.2) is 0 Å². The fourth-order valence-electron chi connectivity index (χ4n) is 11.6. The van der Waals surface area contributed by atoms with Gasteiger partial charge in [-0.2, -0.15) is 13.2 Å². The Morgan fingerprint density at radius 1 is 0.762 bits per heavy atom. The zero-order chi connectivity index (χ0) is 47.2. The molecule has 10 atom stereocenters. The van der Waals surface area contributed by atoms with E-state index >= 15 is 9.59 Å². The first-order valence-corrected chi connectivity index (χ1v) is 23.6. The summed E-state index contributed by atoms with van der Waals surface area (Å²) < 4.78 is 86.5. The van der Waals surface area contributed by atoms with Crippen LogP contribution in [0, 0.1) is 45.3 Å². The molecule has 5 fully saturated rings. The highest BCUT2D eigenvalue weighted by Gasteiger charge is 2.66. The van der Waals surface area contributed by atoms with Crippen LogP contribution in [-0.2, 0) is 47.7 Å². The van der Waals surface area contributed by atoms with Gasteiger partial charge in [-0.25, -0.2) is 4.39 Å². The van der Waals surface area contributed by atoms with Crippen molar-refractivity contribution >= 4 is 29.8 Å². The number of aliphatic hydroxyl groups is 1. The van der Waals surface area contributed by atoms with Crippen molar-refractivity contribution in [3.63, 3.8) is 0 Å². The predicted molar refractivity (Wildman–Crippen MR) is 223 cm³/mol. The molecule has 5 aliphatic rings. The van der Waals surface area contributed by atoms with E-state index in [-0.39, 0.29) is 43.0 Å². The lowest BCUT2D eigenvalue weighted by atomic mass is 9.57. The number of rotatable bonds is 20. The van der Waals surface area contributed by atoms with Crippen molar-refractivity contribution in [2.75, 3.05) is 0 Å². The van der Waals surface area contributed by atoms with Crippen LogP contribution < -0.4 is 0 Å². The summed E-state index contributed by atoms with van der Waals surface area (Å²) in [6.45, 7) is 16.5. The maximum Gasteiger partial charge on any atom is 0.448 e. The van der Waals surface area contributed by atoms with Gasteiger partial charge in [-0.05, 0) is 143 Å². The van der Waals surface area contributed by atoms with E-state index in [1.54, 1.807) is 27.7 Å². The van der Waals surface area contributed by atoms with Gasteiger partial charge in [0.05, 0.1) is 34.0 Å². The number of ether oxygens (including phenoxy) is 5. The number of alkyl halides is 4. The second-order valence-electron chi connectivity index (χ2n) is 21.8. The SMILES string of the molecule is CCC1(OC(=O)C(C)(CC)CC(C)(CC(C)(C(=O)OC2C3CC4C(=O)OC2C4C3)C(C)(C)C(=O)OC(CC(C)C)CC(O)(F)C(F)(F)F)C(=O)OC2(CC)CCCC2)CCCCC1. The molecular weight excluding hydrogens is 829 g/mol. The number of carbonyl (C=O) groups is 5. The Morgan fingerprint density at radius 2 is 1.29 bits per heavy atom. The Labute approximate surface area is 371 Å². The van der Waals surface area contributed by atoms with Crippen LogP contribution in [0.5, 0.6) is 0 Å². The third kappa shape index (κ3) is 10.1. The van der Waals surface area contributed by atoms with Crippen LogP contribution in [0.3, 0.4) is 0 Å². The van der Waals surface area contributed by atoms with E-state index in [4.69, 9.17) is 23.7 Å². The normalized spacial score (nSPS) is 29.4. The minimum atomic E-state index is -5.69. The molecule has 63 heavy (non-hydrogen) atoms. The summed E-state index contributed by atoms with van der Waals surface area (Å²) in [4.78, 5) is 72.4. The van der Waals surface area contributed by atoms with E-state index in [0.717, 1.165) is 32.1 Å². The first-order chi connectivity index (χ1) is 29.1. The minimum Gasteiger partial charge on any atom is -0.462 e. The average molecular weight is 903 g/mol. The minimum absolute atomic E-state index is 0.154. The van der Waals surface area contributed by atoms with E-state index in [9.17, 15) is 37.1 Å². The van der Waals surface area contributed by atoms with Crippen LogP contribution in [-0.4, -0.2) is 76.5 Å². The molecular formula is C48H74F4O11. The summed E-state index contributed by atoms with van der Waals surface area (Å²) in [6.07, 6.45) is -2.05. The molecule has 10 unspecified atom stereocenters. The van der Waals surface area contributed by atoms with Gasteiger partial charge in [0, 0.05) is 11.8 Å². The number of halogens is 4. The maximum absolute atomic E-state index is 15.2. The summed E-state index contributed by atoms with van der Waals surface area (Å²) in [7, 11) is 0. The molecule has 1 N–H and O–H groups in total. The first kappa shape index (κ1) is 51.0. The Kier molecular flexibility index (Phi) is 14.9. The number of hydrogen-bond donors (Lipinski definition) is 1. The highest BCUT2D eigenvalue weighted by molar-refractivity contribution is 5.89. The van der Waals surface area contributed by atoms with Gasteiger partial charge in [0.25, 0.3) is 0 Å². The number of carbonyl (C=O) groups excluding carboxylic acids is 5. The van der Waals surface area contributed by atoms with Crippen LogP contribution in [0.1, 0.15) is 185 Å². The van der Waals surface area contributed by atoms with Crippen molar-refractivity contribution in [3.8, 4) is 0 Å². The van der Waals surface area contributed by atoms with Gasteiger partial charge in [-0.1, -0.05) is 41.0 Å². The average Bonchev–Trinajstić information content (AvgIpc) is 3.97. The molecule has 0 radical (unpaired) electrons. The van der Waals surface area contributed by atoms with Gasteiger partial charge in [0.2, 0.25) is 0 Å². The lowest BCUT2D eigenvalue weighted by Crippen LogP contribution is -2.56. The Bertz CT molecular complexity index is 1700. The zero-order valence-electron chi connectivity index (χ0n) is 39.3. The highest BCUT2D eigenvalue weighted by Crippen LogP contribution is 2.58. The van der Waals surface area contributed by atoms with E-state index in [0.29, 0.717) is 51.4 Å². The lowest BCUT2D eigenvalue weighted by Gasteiger charge is -2.48. The first-order valence-electron chi connectivity index (χ1n) is 23.6.